The van der Waals surface area contributed by atoms with Crippen LogP contribution in [-0.4, -0.2) is 35.1 Å². The number of nitrogens with one attached hydrogen (secondary N) is 1. The van der Waals surface area contributed by atoms with E-state index in [-0.39, 0.29) is 16.6 Å². The number of rotatable bonds is 11. The topological polar surface area (TPSA) is 81.7 Å². The second kappa shape index (κ2) is 12.6. The molecule has 0 radical (unpaired) electrons. The van der Waals surface area contributed by atoms with Gasteiger partial charge < -0.3 is 14.8 Å². The molecule has 0 aromatic heterocycles. The normalized spacial score (nSPS) is 11.2. The molecule has 0 unspecified atom stereocenters. The number of para-hydroxylation sites is 1. The van der Waals surface area contributed by atoms with Crippen molar-refractivity contribution >= 4 is 15.7 Å². The molecular weight excluding hydrogens is 510 g/mol. The summed E-state index contributed by atoms with van der Waals surface area (Å²) < 4.78 is 37.7. The van der Waals surface area contributed by atoms with E-state index in [9.17, 15) is 13.2 Å². The fraction of sp³-hybridized carbons (Fsp3) is 0.219. The SMILES string of the molecule is COc1ccccc1C(=O)NCCCc1cccc(CS(=O)(=O)c2cc(-c3cccc(C)c3)ccc2OC)c1. The monoisotopic (exact) mass is 543 g/mol. The van der Waals surface area contributed by atoms with E-state index < -0.39 is 9.84 Å². The Morgan fingerprint density at radius 2 is 1.49 bits per heavy atom. The van der Waals surface area contributed by atoms with Crippen molar-refractivity contribution in [2.45, 2.75) is 30.4 Å². The van der Waals surface area contributed by atoms with Gasteiger partial charge in [-0.25, -0.2) is 8.42 Å². The van der Waals surface area contributed by atoms with Gasteiger partial charge in [-0.15, -0.1) is 0 Å². The lowest BCUT2D eigenvalue weighted by atomic mass is 10.0. The van der Waals surface area contributed by atoms with Gasteiger partial charge in [-0.2, -0.15) is 0 Å². The molecule has 0 fully saturated rings. The van der Waals surface area contributed by atoms with Crippen LogP contribution in [0.4, 0.5) is 0 Å². The van der Waals surface area contributed by atoms with Crippen molar-refractivity contribution in [1.82, 2.24) is 5.32 Å². The number of methoxy groups -OCH3 is 2. The van der Waals surface area contributed by atoms with Gasteiger partial charge >= 0.3 is 0 Å². The molecule has 0 saturated heterocycles. The van der Waals surface area contributed by atoms with Gasteiger partial charge in [-0.3, -0.25) is 4.79 Å². The van der Waals surface area contributed by atoms with E-state index >= 15 is 0 Å². The van der Waals surface area contributed by atoms with Crippen LogP contribution in [0.5, 0.6) is 11.5 Å². The summed E-state index contributed by atoms with van der Waals surface area (Å²) >= 11 is 0. The van der Waals surface area contributed by atoms with E-state index in [1.807, 2.05) is 67.6 Å². The molecule has 0 aliphatic heterocycles. The third-order valence-corrected chi connectivity index (χ3v) is 8.18. The highest BCUT2D eigenvalue weighted by Crippen LogP contribution is 2.32. The average molecular weight is 544 g/mol. The van der Waals surface area contributed by atoms with E-state index in [1.54, 1.807) is 30.3 Å². The molecule has 39 heavy (non-hydrogen) atoms. The highest BCUT2D eigenvalue weighted by molar-refractivity contribution is 7.90. The van der Waals surface area contributed by atoms with Crippen LogP contribution in [0.25, 0.3) is 11.1 Å². The summed E-state index contributed by atoms with van der Waals surface area (Å²) in [6.45, 7) is 2.49. The zero-order chi connectivity index (χ0) is 27.8. The van der Waals surface area contributed by atoms with Crippen molar-refractivity contribution in [3.8, 4) is 22.6 Å². The lowest BCUT2D eigenvalue weighted by Gasteiger charge is -2.13. The Bertz CT molecular complexity index is 1560. The first-order valence-electron chi connectivity index (χ1n) is 12.8. The van der Waals surface area contributed by atoms with Gasteiger partial charge in [-0.1, -0.05) is 72.3 Å². The summed E-state index contributed by atoms with van der Waals surface area (Å²) in [5.41, 5.74) is 5.08. The van der Waals surface area contributed by atoms with E-state index in [0.717, 1.165) is 22.3 Å². The van der Waals surface area contributed by atoms with E-state index in [0.29, 0.717) is 42.0 Å². The first-order valence-corrected chi connectivity index (χ1v) is 14.4. The Morgan fingerprint density at radius 3 is 2.26 bits per heavy atom. The Morgan fingerprint density at radius 1 is 0.769 bits per heavy atom. The van der Waals surface area contributed by atoms with E-state index in [4.69, 9.17) is 9.47 Å². The molecule has 0 heterocycles. The maximum Gasteiger partial charge on any atom is 0.255 e. The predicted molar refractivity (Wildman–Crippen MR) is 154 cm³/mol. The fourth-order valence-corrected chi connectivity index (χ4v) is 6.06. The summed E-state index contributed by atoms with van der Waals surface area (Å²) in [6.07, 6.45) is 1.41. The van der Waals surface area contributed by atoms with Crippen LogP contribution in [-0.2, 0) is 22.0 Å². The van der Waals surface area contributed by atoms with E-state index in [1.165, 1.54) is 14.2 Å². The number of benzene rings is 4. The van der Waals surface area contributed by atoms with Crippen LogP contribution in [0, 0.1) is 6.92 Å². The fourth-order valence-electron chi connectivity index (χ4n) is 4.52. The molecule has 0 aliphatic rings. The van der Waals surface area contributed by atoms with Crippen LogP contribution in [0.2, 0.25) is 0 Å². The second-order valence-electron chi connectivity index (χ2n) is 9.37. The second-order valence-corrected chi connectivity index (χ2v) is 11.3. The lowest BCUT2D eigenvalue weighted by molar-refractivity contribution is 0.0950. The molecule has 1 amide bonds. The van der Waals surface area contributed by atoms with Gasteiger partial charge in [0.05, 0.1) is 25.5 Å². The Balaban J connectivity index is 1.43. The third-order valence-electron chi connectivity index (χ3n) is 6.48. The van der Waals surface area contributed by atoms with Crippen molar-refractivity contribution in [2.24, 2.45) is 0 Å². The highest BCUT2D eigenvalue weighted by Gasteiger charge is 2.22. The van der Waals surface area contributed by atoms with Gasteiger partial charge in [0.2, 0.25) is 0 Å². The van der Waals surface area contributed by atoms with Crippen molar-refractivity contribution < 1.29 is 22.7 Å². The molecule has 0 aliphatic carbocycles. The van der Waals surface area contributed by atoms with E-state index in [2.05, 4.69) is 5.32 Å². The van der Waals surface area contributed by atoms with Crippen molar-refractivity contribution in [1.29, 1.82) is 0 Å². The van der Waals surface area contributed by atoms with Gasteiger partial charge in [0.15, 0.2) is 9.84 Å². The number of hydrogen-bond acceptors (Lipinski definition) is 5. The van der Waals surface area contributed by atoms with Crippen molar-refractivity contribution in [2.75, 3.05) is 20.8 Å². The predicted octanol–water partition coefficient (Wildman–Crippen LogP) is 6.02. The molecule has 6 nitrogen and oxygen atoms in total. The Hall–Kier alpha value is -4.10. The quantitative estimate of drug-likeness (QED) is 0.234. The number of carbonyl (C=O) groups excluding carboxylic acids is 1. The average Bonchev–Trinajstić information content (AvgIpc) is 2.94. The van der Waals surface area contributed by atoms with Gasteiger partial charge in [0.25, 0.3) is 5.91 Å². The smallest absolute Gasteiger partial charge is 0.255 e. The maximum atomic E-state index is 13.5. The number of aryl methyl sites for hydroxylation is 2. The number of amides is 1. The van der Waals surface area contributed by atoms with Crippen molar-refractivity contribution in [3.63, 3.8) is 0 Å². The molecule has 4 aromatic carbocycles. The minimum Gasteiger partial charge on any atom is -0.496 e. The molecular formula is C32H33NO5S. The molecule has 0 spiro atoms. The molecule has 0 bridgehead atoms. The van der Waals surface area contributed by atoms with Crippen LogP contribution in [0.3, 0.4) is 0 Å². The van der Waals surface area contributed by atoms with Crippen LogP contribution in [0.1, 0.15) is 33.5 Å². The first-order chi connectivity index (χ1) is 18.8. The van der Waals surface area contributed by atoms with Gasteiger partial charge in [-0.05, 0) is 66.3 Å². The standard InChI is InChI=1S/C32H33NO5S/c1-23-9-6-13-26(19-23)27-16-17-30(38-3)31(21-27)39(35,36)22-25-11-7-10-24(20-25)12-8-18-33-32(34)28-14-4-5-15-29(28)37-2/h4-7,9-11,13-17,19-21H,8,12,18,22H2,1-3H3,(H,33,34). The van der Waals surface area contributed by atoms with Crippen LogP contribution < -0.4 is 14.8 Å². The highest BCUT2D eigenvalue weighted by atomic mass is 32.2. The van der Waals surface area contributed by atoms with Crippen molar-refractivity contribution in [3.05, 3.63) is 113 Å². The largest absolute Gasteiger partial charge is 0.496 e. The molecule has 0 atom stereocenters. The molecule has 1 N–H and O–H groups in total. The molecule has 4 aromatic rings. The Kier molecular flexibility index (Phi) is 9.04. The minimum atomic E-state index is -3.68. The van der Waals surface area contributed by atoms with Crippen LogP contribution >= 0.6 is 0 Å². The summed E-state index contributed by atoms with van der Waals surface area (Å²) in [4.78, 5) is 12.7. The third kappa shape index (κ3) is 7.06. The zero-order valence-corrected chi connectivity index (χ0v) is 23.3. The summed E-state index contributed by atoms with van der Waals surface area (Å²) in [5, 5.41) is 2.92. The summed E-state index contributed by atoms with van der Waals surface area (Å²) in [6, 6.07) is 27.9. The molecule has 7 heteroatoms. The number of sulfone groups is 1. The van der Waals surface area contributed by atoms with Gasteiger partial charge in [0, 0.05) is 6.54 Å². The van der Waals surface area contributed by atoms with Crippen LogP contribution in [0.15, 0.2) is 95.9 Å². The molecule has 4 rings (SSSR count). The lowest BCUT2D eigenvalue weighted by Crippen LogP contribution is -2.25. The first kappa shape index (κ1) is 27.9. The maximum absolute atomic E-state index is 13.5. The minimum absolute atomic E-state index is 0.140. The molecule has 202 valence electrons. The number of hydrogen-bond donors (Lipinski definition) is 1. The number of ether oxygens (including phenoxy) is 2. The summed E-state index contributed by atoms with van der Waals surface area (Å²) in [7, 11) is -0.663. The summed E-state index contributed by atoms with van der Waals surface area (Å²) in [5.74, 6) is 0.534. The number of carbonyl (C=O) groups is 1. The Labute approximate surface area is 230 Å². The van der Waals surface area contributed by atoms with Gasteiger partial charge in [0.1, 0.15) is 16.4 Å². The zero-order valence-electron chi connectivity index (χ0n) is 22.4. The molecule has 0 saturated carbocycles.